The van der Waals surface area contributed by atoms with E-state index in [4.69, 9.17) is 23.2 Å². The molecule has 1 N–H and O–H groups in total. The first-order chi connectivity index (χ1) is 13.3. The van der Waals surface area contributed by atoms with Crippen LogP contribution in [-0.2, 0) is 13.1 Å². The maximum atomic E-state index is 14.2. The fourth-order valence-electron chi connectivity index (χ4n) is 2.69. The van der Waals surface area contributed by atoms with Crippen LogP contribution in [0.15, 0.2) is 53.5 Å². The standard InChI is InChI=1S/C20H19Cl2FN4O/c1-26(2)12-14-4-3-13(9-17(14)23)10-24-18-11-25-27(20(28)19(18)22)16-7-5-15(21)6-8-16/h3-9,11,24H,10,12H2,1-2H3. The molecule has 146 valence electrons. The van der Waals surface area contributed by atoms with E-state index in [1.54, 1.807) is 30.3 Å². The van der Waals surface area contributed by atoms with Gasteiger partial charge in [-0.15, -0.1) is 0 Å². The summed E-state index contributed by atoms with van der Waals surface area (Å²) in [6.45, 7) is 0.836. The quantitative estimate of drug-likeness (QED) is 0.643. The molecule has 8 heteroatoms. The first-order valence-electron chi connectivity index (χ1n) is 8.55. The molecule has 2 aromatic carbocycles. The van der Waals surface area contributed by atoms with Crippen molar-refractivity contribution in [3.63, 3.8) is 0 Å². The van der Waals surface area contributed by atoms with Crippen LogP contribution >= 0.6 is 23.2 Å². The average Bonchev–Trinajstić information content (AvgIpc) is 2.65. The summed E-state index contributed by atoms with van der Waals surface area (Å²) in [5.74, 6) is -0.268. The lowest BCUT2D eigenvalue weighted by Gasteiger charge is -2.13. The zero-order valence-electron chi connectivity index (χ0n) is 15.4. The van der Waals surface area contributed by atoms with Gasteiger partial charge in [0, 0.05) is 23.7 Å². The molecule has 5 nitrogen and oxygen atoms in total. The molecule has 0 bridgehead atoms. The van der Waals surface area contributed by atoms with Crippen molar-refractivity contribution in [2.45, 2.75) is 13.1 Å². The highest BCUT2D eigenvalue weighted by molar-refractivity contribution is 6.33. The van der Waals surface area contributed by atoms with Gasteiger partial charge < -0.3 is 10.2 Å². The topological polar surface area (TPSA) is 50.2 Å². The van der Waals surface area contributed by atoms with Crippen molar-refractivity contribution in [3.05, 3.63) is 86.0 Å². The minimum atomic E-state index is -0.457. The molecule has 0 amide bonds. The number of hydrogen-bond donors (Lipinski definition) is 1. The van der Waals surface area contributed by atoms with Gasteiger partial charge in [0.25, 0.3) is 5.56 Å². The highest BCUT2D eigenvalue weighted by Crippen LogP contribution is 2.19. The minimum Gasteiger partial charge on any atom is -0.378 e. The molecule has 0 unspecified atom stereocenters. The van der Waals surface area contributed by atoms with Crippen molar-refractivity contribution in [2.24, 2.45) is 0 Å². The maximum absolute atomic E-state index is 14.2. The van der Waals surface area contributed by atoms with E-state index in [1.807, 2.05) is 25.1 Å². The molecule has 0 atom stereocenters. The molecule has 0 aliphatic heterocycles. The summed E-state index contributed by atoms with van der Waals surface area (Å²) in [6, 6.07) is 11.8. The van der Waals surface area contributed by atoms with Gasteiger partial charge in [0.05, 0.1) is 17.6 Å². The first kappa shape index (κ1) is 20.3. The van der Waals surface area contributed by atoms with Gasteiger partial charge in [0.1, 0.15) is 10.8 Å². The average molecular weight is 421 g/mol. The van der Waals surface area contributed by atoms with Gasteiger partial charge in [0.15, 0.2) is 0 Å². The SMILES string of the molecule is CN(C)Cc1ccc(CNc2cnn(-c3ccc(Cl)cc3)c(=O)c2Cl)cc1F. The molecule has 0 saturated heterocycles. The summed E-state index contributed by atoms with van der Waals surface area (Å²) in [7, 11) is 3.77. The lowest BCUT2D eigenvalue weighted by molar-refractivity contribution is 0.392. The van der Waals surface area contributed by atoms with E-state index in [0.29, 0.717) is 35.1 Å². The number of nitrogens with one attached hydrogen (secondary N) is 1. The van der Waals surface area contributed by atoms with E-state index in [2.05, 4.69) is 10.4 Å². The molecule has 0 aliphatic rings. The number of rotatable bonds is 6. The Bertz CT molecular complexity index is 1040. The largest absolute Gasteiger partial charge is 0.378 e. The number of aromatic nitrogens is 2. The Morgan fingerprint density at radius 1 is 1.14 bits per heavy atom. The van der Waals surface area contributed by atoms with Gasteiger partial charge in [-0.05, 0) is 50.0 Å². The number of hydrogen-bond acceptors (Lipinski definition) is 4. The van der Waals surface area contributed by atoms with Crippen molar-refractivity contribution in [1.82, 2.24) is 14.7 Å². The molecule has 0 spiro atoms. The van der Waals surface area contributed by atoms with Gasteiger partial charge in [0.2, 0.25) is 0 Å². The van der Waals surface area contributed by atoms with E-state index in [0.717, 1.165) is 5.56 Å². The molecule has 0 fully saturated rings. The van der Waals surface area contributed by atoms with Crippen molar-refractivity contribution < 1.29 is 4.39 Å². The van der Waals surface area contributed by atoms with Gasteiger partial charge in [-0.1, -0.05) is 35.3 Å². The predicted octanol–water partition coefficient (Wildman–Crippen LogP) is 4.35. The van der Waals surface area contributed by atoms with Gasteiger partial charge in [-0.25, -0.2) is 4.39 Å². The van der Waals surface area contributed by atoms with Crippen LogP contribution < -0.4 is 10.9 Å². The summed E-state index contributed by atoms with van der Waals surface area (Å²) >= 11 is 12.1. The molecule has 3 rings (SSSR count). The first-order valence-corrected chi connectivity index (χ1v) is 9.30. The smallest absolute Gasteiger partial charge is 0.292 e. The number of nitrogens with zero attached hydrogens (tertiary/aromatic N) is 3. The monoisotopic (exact) mass is 420 g/mol. The molecular weight excluding hydrogens is 402 g/mol. The van der Waals surface area contributed by atoms with E-state index < -0.39 is 5.56 Å². The second kappa shape index (κ2) is 8.73. The molecule has 1 aromatic heterocycles. The Balaban J connectivity index is 1.76. The Kier molecular flexibility index (Phi) is 6.34. The molecule has 0 radical (unpaired) electrons. The number of anilines is 1. The normalized spacial score (nSPS) is 11.1. The van der Waals surface area contributed by atoms with E-state index in [9.17, 15) is 9.18 Å². The van der Waals surface area contributed by atoms with Crippen molar-refractivity contribution in [1.29, 1.82) is 0 Å². The van der Waals surface area contributed by atoms with Crippen LogP contribution in [0.5, 0.6) is 0 Å². The molecule has 0 aliphatic carbocycles. The predicted molar refractivity (Wildman–Crippen MR) is 111 cm³/mol. The minimum absolute atomic E-state index is 0.00894. The van der Waals surface area contributed by atoms with Crippen LogP contribution in [-0.4, -0.2) is 28.8 Å². The van der Waals surface area contributed by atoms with Gasteiger partial charge >= 0.3 is 0 Å². The van der Waals surface area contributed by atoms with Crippen LogP contribution in [0.1, 0.15) is 11.1 Å². The number of halogens is 3. The maximum Gasteiger partial charge on any atom is 0.292 e. The second-order valence-electron chi connectivity index (χ2n) is 6.58. The van der Waals surface area contributed by atoms with E-state index >= 15 is 0 Å². The second-order valence-corrected chi connectivity index (χ2v) is 7.40. The van der Waals surface area contributed by atoms with E-state index in [1.165, 1.54) is 16.9 Å². The molecule has 1 heterocycles. The fourth-order valence-corrected chi connectivity index (χ4v) is 3.01. The molecule has 0 saturated carbocycles. The Morgan fingerprint density at radius 2 is 1.86 bits per heavy atom. The van der Waals surface area contributed by atoms with Gasteiger partial charge in [-0.2, -0.15) is 9.78 Å². The molecule has 28 heavy (non-hydrogen) atoms. The van der Waals surface area contributed by atoms with Crippen LogP contribution in [0.2, 0.25) is 10.0 Å². The van der Waals surface area contributed by atoms with Crippen LogP contribution in [0.3, 0.4) is 0 Å². The van der Waals surface area contributed by atoms with Crippen molar-refractivity contribution in [3.8, 4) is 5.69 Å². The van der Waals surface area contributed by atoms with Gasteiger partial charge in [-0.3, -0.25) is 4.79 Å². The van der Waals surface area contributed by atoms with Crippen LogP contribution in [0.25, 0.3) is 5.69 Å². The van der Waals surface area contributed by atoms with Crippen molar-refractivity contribution >= 4 is 28.9 Å². The summed E-state index contributed by atoms with van der Waals surface area (Å²) in [6.07, 6.45) is 1.47. The highest BCUT2D eigenvalue weighted by Gasteiger charge is 2.11. The van der Waals surface area contributed by atoms with E-state index in [-0.39, 0.29) is 10.8 Å². The Hall–Kier alpha value is -2.41. The lowest BCUT2D eigenvalue weighted by atomic mass is 10.1. The fraction of sp³-hybridized carbons (Fsp3) is 0.200. The lowest BCUT2D eigenvalue weighted by Crippen LogP contribution is -2.22. The third-order valence-electron chi connectivity index (χ3n) is 4.08. The van der Waals surface area contributed by atoms with Crippen LogP contribution in [0, 0.1) is 5.82 Å². The highest BCUT2D eigenvalue weighted by atomic mass is 35.5. The zero-order valence-corrected chi connectivity index (χ0v) is 16.9. The number of benzene rings is 2. The third-order valence-corrected chi connectivity index (χ3v) is 4.69. The Morgan fingerprint density at radius 3 is 2.50 bits per heavy atom. The summed E-state index contributed by atoms with van der Waals surface area (Å²) in [5.41, 5.74) is 1.84. The summed E-state index contributed by atoms with van der Waals surface area (Å²) in [4.78, 5) is 14.4. The Labute approximate surface area is 172 Å². The zero-order chi connectivity index (χ0) is 20.3. The molecule has 3 aromatic rings. The molecular formula is C20H19Cl2FN4O. The summed E-state index contributed by atoms with van der Waals surface area (Å²) < 4.78 is 15.4. The van der Waals surface area contributed by atoms with Crippen LogP contribution in [0.4, 0.5) is 10.1 Å². The summed E-state index contributed by atoms with van der Waals surface area (Å²) in [5, 5.41) is 7.76. The third kappa shape index (κ3) is 4.70. The van der Waals surface area contributed by atoms with Crippen molar-refractivity contribution in [2.75, 3.05) is 19.4 Å².